The van der Waals surface area contributed by atoms with Crippen LogP contribution in [0, 0.1) is 40.4 Å². The van der Waals surface area contributed by atoms with Crippen molar-refractivity contribution in [1.29, 1.82) is 0 Å². The van der Waals surface area contributed by atoms with E-state index in [9.17, 15) is 14.4 Å². The van der Waals surface area contributed by atoms with Crippen molar-refractivity contribution in [3.63, 3.8) is 0 Å². The lowest BCUT2D eigenvalue weighted by molar-refractivity contribution is -0.137. The van der Waals surface area contributed by atoms with Crippen LogP contribution >= 0.6 is 0 Å². The molecule has 4 rings (SSSR count). The maximum absolute atomic E-state index is 13.3. The van der Waals surface area contributed by atoms with Gasteiger partial charge in [0, 0.05) is 17.4 Å². The quantitative estimate of drug-likeness (QED) is 0.738. The zero-order valence-corrected chi connectivity index (χ0v) is 19.2. The normalized spacial score (nSPS) is 43.3. The van der Waals surface area contributed by atoms with Gasteiger partial charge in [0.15, 0.2) is 5.78 Å². The van der Waals surface area contributed by atoms with Gasteiger partial charge in [-0.15, -0.1) is 0 Å². The van der Waals surface area contributed by atoms with Crippen LogP contribution in [0.2, 0.25) is 0 Å². The lowest BCUT2D eigenvalue weighted by Crippen LogP contribution is -2.59. The maximum atomic E-state index is 13.3. The Hall–Kier alpha value is -1.65. The minimum atomic E-state index is -0.387. The van der Waals surface area contributed by atoms with Gasteiger partial charge in [-0.2, -0.15) is 0 Å². The van der Waals surface area contributed by atoms with Crippen molar-refractivity contribution in [2.75, 3.05) is 0 Å². The molecule has 0 aromatic heterocycles. The molecule has 30 heavy (non-hydrogen) atoms. The second kappa shape index (κ2) is 7.49. The lowest BCUT2D eigenvalue weighted by Gasteiger charge is -2.58. The summed E-state index contributed by atoms with van der Waals surface area (Å²) in [6.45, 7) is 10.2. The van der Waals surface area contributed by atoms with E-state index in [4.69, 9.17) is 0 Å². The minimum absolute atomic E-state index is 0.00354. The number of carbonyl (C=O) groups is 3. The fourth-order valence-corrected chi connectivity index (χ4v) is 7.76. The average Bonchev–Trinajstić information content (AvgIpc) is 3.03. The van der Waals surface area contributed by atoms with Crippen LogP contribution in [0.1, 0.15) is 73.1 Å². The van der Waals surface area contributed by atoms with Crippen LogP contribution in [-0.4, -0.2) is 29.7 Å². The number of rotatable bonds is 4. The summed E-state index contributed by atoms with van der Waals surface area (Å²) >= 11 is 0. The lowest BCUT2D eigenvalue weighted by atomic mass is 9.48. The molecular formula is C25H38N2O3. The fourth-order valence-electron chi connectivity index (χ4n) is 7.76. The summed E-state index contributed by atoms with van der Waals surface area (Å²) in [7, 11) is 0. The Morgan fingerprint density at radius 3 is 2.50 bits per heavy atom. The molecule has 0 aromatic carbocycles. The van der Waals surface area contributed by atoms with Crippen molar-refractivity contribution in [2.45, 2.75) is 85.2 Å². The fraction of sp³-hybridized carbons (Fsp3) is 0.800. The molecule has 3 aliphatic carbocycles. The van der Waals surface area contributed by atoms with E-state index in [0.29, 0.717) is 17.8 Å². The third-order valence-electron chi connectivity index (χ3n) is 9.40. The molecule has 0 saturated heterocycles. The van der Waals surface area contributed by atoms with Crippen molar-refractivity contribution in [1.82, 2.24) is 10.6 Å². The van der Waals surface area contributed by atoms with E-state index < -0.39 is 0 Å². The molecule has 0 aromatic rings. The standard InChI is InChI=1S/C25H38N2O3/c1-14(2)22(15(3)28)27-23(30)19-8-7-17-16-6-9-20-25(5,13-11-21(29)26-20)18(16)10-12-24(17,19)4/h11,13-14,16-20,22H,6-10,12H2,1-5H3,(H,26,29)(H,27,30)/t16-,17-,18-,19+,20-,22?,24-,25-/m1/s1. The highest BCUT2D eigenvalue weighted by atomic mass is 16.2. The van der Waals surface area contributed by atoms with Gasteiger partial charge in [0.05, 0.1) is 6.04 Å². The predicted octanol–water partition coefficient (Wildman–Crippen LogP) is 3.63. The van der Waals surface area contributed by atoms with Crippen LogP contribution in [0.25, 0.3) is 0 Å². The zero-order chi connectivity index (χ0) is 21.8. The van der Waals surface area contributed by atoms with Crippen molar-refractivity contribution >= 4 is 17.6 Å². The number of ketones is 1. The van der Waals surface area contributed by atoms with Crippen LogP contribution in [0.15, 0.2) is 12.2 Å². The third-order valence-corrected chi connectivity index (χ3v) is 9.40. The van der Waals surface area contributed by atoms with Crippen molar-refractivity contribution < 1.29 is 14.4 Å². The molecule has 2 amide bonds. The molecule has 166 valence electrons. The van der Waals surface area contributed by atoms with Crippen LogP contribution < -0.4 is 10.6 Å². The highest BCUT2D eigenvalue weighted by Crippen LogP contribution is 2.65. The first-order chi connectivity index (χ1) is 14.1. The SMILES string of the molecule is CC(=O)C(NC(=O)[C@@H]1CC[C@@H]2[C@H]3CC[C@H]4NC(=O)C=C[C@]4(C)[C@@H]3CC[C@]21C)C(C)C. The minimum Gasteiger partial charge on any atom is -0.349 e. The molecule has 3 fully saturated rings. The molecule has 5 heteroatoms. The number of hydrogen-bond donors (Lipinski definition) is 2. The molecule has 1 heterocycles. The number of fused-ring (bicyclic) bond motifs is 5. The summed E-state index contributed by atoms with van der Waals surface area (Å²) in [5.41, 5.74) is 0.0320. The Bertz CT molecular complexity index is 774. The highest BCUT2D eigenvalue weighted by molar-refractivity contribution is 5.89. The summed E-state index contributed by atoms with van der Waals surface area (Å²) in [5, 5.41) is 6.31. The van der Waals surface area contributed by atoms with Crippen molar-refractivity contribution in [3.05, 3.63) is 12.2 Å². The second-order valence-corrected chi connectivity index (χ2v) is 11.2. The summed E-state index contributed by atoms with van der Waals surface area (Å²) in [6.07, 6.45) is 10.2. The van der Waals surface area contributed by atoms with E-state index in [1.807, 2.05) is 13.8 Å². The molecule has 1 unspecified atom stereocenters. The van der Waals surface area contributed by atoms with E-state index in [2.05, 4.69) is 30.6 Å². The maximum Gasteiger partial charge on any atom is 0.243 e. The Balaban J connectivity index is 1.54. The Morgan fingerprint density at radius 1 is 1.10 bits per heavy atom. The second-order valence-electron chi connectivity index (χ2n) is 11.2. The van der Waals surface area contributed by atoms with Gasteiger partial charge in [-0.25, -0.2) is 0 Å². The number of hydrogen-bond acceptors (Lipinski definition) is 3. The Labute approximate surface area is 180 Å². The summed E-state index contributed by atoms with van der Waals surface area (Å²) in [4.78, 5) is 37.2. The zero-order valence-electron chi connectivity index (χ0n) is 19.2. The Morgan fingerprint density at radius 2 is 1.83 bits per heavy atom. The topological polar surface area (TPSA) is 75.3 Å². The number of carbonyl (C=O) groups excluding carboxylic acids is 3. The van der Waals surface area contributed by atoms with Crippen LogP contribution in [0.4, 0.5) is 0 Å². The summed E-state index contributed by atoms with van der Waals surface area (Å²) in [5.74, 6) is 1.98. The van der Waals surface area contributed by atoms with Gasteiger partial charge < -0.3 is 10.6 Å². The van der Waals surface area contributed by atoms with Gasteiger partial charge in [0.2, 0.25) is 11.8 Å². The van der Waals surface area contributed by atoms with Gasteiger partial charge >= 0.3 is 0 Å². The first-order valence-electron chi connectivity index (χ1n) is 11.9. The van der Waals surface area contributed by atoms with E-state index in [-0.39, 0.29) is 52.3 Å². The largest absolute Gasteiger partial charge is 0.349 e. The third kappa shape index (κ3) is 3.23. The molecule has 2 N–H and O–H groups in total. The van der Waals surface area contributed by atoms with Gasteiger partial charge in [0.25, 0.3) is 0 Å². The molecule has 5 nitrogen and oxygen atoms in total. The van der Waals surface area contributed by atoms with Gasteiger partial charge in [0.1, 0.15) is 0 Å². The predicted molar refractivity (Wildman–Crippen MR) is 116 cm³/mol. The van der Waals surface area contributed by atoms with Crippen LogP contribution in [-0.2, 0) is 14.4 Å². The van der Waals surface area contributed by atoms with Crippen LogP contribution in [0.3, 0.4) is 0 Å². The summed E-state index contributed by atoms with van der Waals surface area (Å²) < 4.78 is 0. The molecule has 1 aliphatic heterocycles. The highest BCUT2D eigenvalue weighted by Gasteiger charge is 2.61. The first kappa shape index (κ1) is 21.6. The molecular weight excluding hydrogens is 376 g/mol. The van der Waals surface area contributed by atoms with E-state index in [1.54, 1.807) is 13.0 Å². The number of amides is 2. The molecule has 3 saturated carbocycles. The molecule has 4 aliphatic rings. The summed E-state index contributed by atoms with van der Waals surface area (Å²) in [6, 6.07) is -0.148. The molecule has 8 atom stereocenters. The number of nitrogens with one attached hydrogen (secondary N) is 2. The van der Waals surface area contributed by atoms with Crippen molar-refractivity contribution in [3.8, 4) is 0 Å². The van der Waals surface area contributed by atoms with E-state index in [0.717, 1.165) is 38.5 Å². The molecule has 0 radical (unpaired) electrons. The Kier molecular flexibility index (Phi) is 5.39. The van der Waals surface area contributed by atoms with E-state index >= 15 is 0 Å². The first-order valence-corrected chi connectivity index (χ1v) is 11.9. The number of Topliss-reactive ketones (excluding diaryl/α,β-unsaturated/α-hetero) is 1. The van der Waals surface area contributed by atoms with E-state index in [1.165, 1.54) is 0 Å². The molecule has 0 spiro atoms. The van der Waals surface area contributed by atoms with Gasteiger partial charge in [-0.05, 0) is 80.6 Å². The monoisotopic (exact) mass is 414 g/mol. The van der Waals surface area contributed by atoms with Crippen molar-refractivity contribution in [2.24, 2.45) is 40.4 Å². The van der Waals surface area contributed by atoms with Gasteiger partial charge in [-0.1, -0.05) is 33.8 Å². The molecule has 0 bridgehead atoms. The smallest absolute Gasteiger partial charge is 0.243 e. The average molecular weight is 415 g/mol. The van der Waals surface area contributed by atoms with Gasteiger partial charge in [-0.3, -0.25) is 14.4 Å². The van der Waals surface area contributed by atoms with Crippen LogP contribution in [0.5, 0.6) is 0 Å².